The molecule has 2 fully saturated rings. The highest BCUT2D eigenvalue weighted by Crippen LogP contribution is 2.37. The third kappa shape index (κ3) is 3.01. The molecule has 1 unspecified atom stereocenters. The maximum absolute atomic E-state index is 13.3. The van der Waals surface area contributed by atoms with E-state index in [1.54, 1.807) is 12.1 Å². The molecule has 0 spiro atoms. The van der Waals surface area contributed by atoms with Crippen LogP contribution in [0.2, 0.25) is 0 Å². The number of aliphatic carboxylic acids is 1. The Balaban J connectivity index is 1.66. The molecule has 0 amide bonds. The molecule has 1 aliphatic carbocycles. The molecule has 1 heterocycles. The quantitative estimate of drug-likeness (QED) is 0.899. The molecular weight excluding hydrogens is 257 g/mol. The van der Waals surface area contributed by atoms with Crippen molar-refractivity contribution < 1.29 is 14.3 Å². The zero-order valence-electron chi connectivity index (χ0n) is 11.5. The summed E-state index contributed by atoms with van der Waals surface area (Å²) in [6.45, 7) is 1.53. The summed E-state index contributed by atoms with van der Waals surface area (Å²) < 4.78 is 13.3. The molecule has 20 heavy (non-hydrogen) atoms. The molecule has 1 saturated heterocycles. The molecule has 1 saturated carbocycles. The van der Waals surface area contributed by atoms with Gasteiger partial charge in [-0.25, -0.2) is 4.39 Å². The van der Waals surface area contributed by atoms with E-state index in [4.69, 9.17) is 0 Å². The van der Waals surface area contributed by atoms with Crippen LogP contribution in [0, 0.1) is 11.7 Å². The van der Waals surface area contributed by atoms with Crippen molar-refractivity contribution >= 4 is 5.97 Å². The van der Waals surface area contributed by atoms with Gasteiger partial charge in [0.1, 0.15) is 11.9 Å². The summed E-state index contributed by atoms with van der Waals surface area (Å²) in [5, 5.41) is 9.41. The van der Waals surface area contributed by atoms with Crippen molar-refractivity contribution in [3.8, 4) is 0 Å². The molecule has 0 radical (unpaired) electrons. The molecule has 0 aromatic heterocycles. The van der Waals surface area contributed by atoms with Crippen molar-refractivity contribution in [1.29, 1.82) is 0 Å². The number of likely N-dealkylation sites (tertiary alicyclic amines) is 1. The Kier molecular flexibility index (Phi) is 3.74. The van der Waals surface area contributed by atoms with Gasteiger partial charge in [-0.05, 0) is 48.9 Å². The zero-order chi connectivity index (χ0) is 14.1. The molecule has 1 aromatic rings. The Morgan fingerprint density at radius 2 is 2.20 bits per heavy atom. The highest BCUT2D eigenvalue weighted by molar-refractivity contribution is 5.73. The van der Waals surface area contributed by atoms with Crippen molar-refractivity contribution in [3.63, 3.8) is 0 Å². The largest absolute Gasteiger partial charge is 0.480 e. The third-order valence-electron chi connectivity index (χ3n) is 4.52. The molecule has 0 bridgehead atoms. The van der Waals surface area contributed by atoms with E-state index in [0.29, 0.717) is 5.92 Å². The number of benzene rings is 1. The first-order valence-corrected chi connectivity index (χ1v) is 7.36. The molecule has 1 aliphatic heterocycles. The normalized spacial score (nSPS) is 24.8. The number of hydrogen-bond donors (Lipinski definition) is 1. The SMILES string of the molecule is O=C(O)[C@@H](CC1CC1)N1CCC(c2cccc(F)c2)C1. The number of rotatable bonds is 5. The van der Waals surface area contributed by atoms with Gasteiger partial charge in [-0.3, -0.25) is 9.69 Å². The zero-order valence-corrected chi connectivity index (χ0v) is 11.5. The lowest BCUT2D eigenvalue weighted by molar-refractivity contribution is -0.143. The van der Waals surface area contributed by atoms with E-state index >= 15 is 0 Å². The lowest BCUT2D eigenvalue weighted by Gasteiger charge is -2.24. The molecule has 2 aliphatic rings. The second kappa shape index (κ2) is 5.52. The fourth-order valence-electron chi connectivity index (χ4n) is 3.18. The van der Waals surface area contributed by atoms with E-state index in [0.717, 1.165) is 31.5 Å². The van der Waals surface area contributed by atoms with Gasteiger partial charge in [0.2, 0.25) is 0 Å². The number of halogens is 1. The maximum Gasteiger partial charge on any atom is 0.320 e. The molecule has 3 rings (SSSR count). The summed E-state index contributed by atoms with van der Waals surface area (Å²) >= 11 is 0. The van der Waals surface area contributed by atoms with Crippen LogP contribution in [-0.4, -0.2) is 35.1 Å². The van der Waals surface area contributed by atoms with Gasteiger partial charge in [0, 0.05) is 6.54 Å². The van der Waals surface area contributed by atoms with E-state index in [1.165, 1.54) is 18.9 Å². The Labute approximate surface area is 118 Å². The number of nitrogens with zero attached hydrogens (tertiary/aromatic N) is 1. The van der Waals surface area contributed by atoms with Crippen LogP contribution in [0.4, 0.5) is 4.39 Å². The minimum absolute atomic E-state index is 0.214. The number of carbonyl (C=O) groups is 1. The first-order valence-electron chi connectivity index (χ1n) is 7.36. The van der Waals surface area contributed by atoms with E-state index in [1.807, 2.05) is 6.07 Å². The van der Waals surface area contributed by atoms with Gasteiger partial charge in [-0.2, -0.15) is 0 Å². The fourth-order valence-corrected chi connectivity index (χ4v) is 3.18. The van der Waals surface area contributed by atoms with Crippen molar-refractivity contribution in [2.45, 2.75) is 37.6 Å². The van der Waals surface area contributed by atoms with Crippen LogP contribution in [0.3, 0.4) is 0 Å². The third-order valence-corrected chi connectivity index (χ3v) is 4.52. The molecule has 3 nitrogen and oxygen atoms in total. The minimum atomic E-state index is -0.711. The van der Waals surface area contributed by atoms with Crippen molar-refractivity contribution in [1.82, 2.24) is 4.90 Å². The average Bonchev–Trinajstić information content (AvgIpc) is 3.11. The van der Waals surface area contributed by atoms with E-state index in [-0.39, 0.29) is 17.8 Å². The maximum atomic E-state index is 13.3. The first-order chi connectivity index (χ1) is 9.63. The van der Waals surface area contributed by atoms with Gasteiger partial charge in [-0.1, -0.05) is 25.0 Å². The summed E-state index contributed by atoms with van der Waals surface area (Å²) in [6.07, 6.45) is 4.03. The Hall–Kier alpha value is -1.42. The van der Waals surface area contributed by atoms with E-state index in [2.05, 4.69) is 4.90 Å². The average molecular weight is 277 g/mol. The van der Waals surface area contributed by atoms with Crippen LogP contribution in [0.5, 0.6) is 0 Å². The molecule has 1 aromatic carbocycles. The van der Waals surface area contributed by atoms with Crippen LogP contribution in [0.25, 0.3) is 0 Å². The van der Waals surface area contributed by atoms with Gasteiger partial charge in [0.25, 0.3) is 0 Å². The predicted octanol–water partition coefficient (Wildman–Crippen LogP) is 2.87. The smallest absolute Gasteiger partial charge is 0.320 e. The Morgan fingerprint density at radius 1 is 1.40 bits per heavy atom. The van der Waals surface area contributed by atoms with Crippen molar-refractivity contribution in [3.05, 3.63) is 35.6 Å². The van der Waals surface area contributed by atoms with Gasteiger partial charge in [0.05, 0.1) is 0 Å². The second-order valence-corrected chi connectivity index (χ2v) is 6.07. The van der Waals surface area contributed by atoms with Crippen molar-refractivity contribution in [2.75, 3.05) is 13.1 Å². The van der Waals surface area contributed by atoms with Gasteiger partial charge >= 0.3 is 5.97 Å². The van der Waals surface area contributed by atoms with Crippen LogP contribution in [0.15, 0.2) is 24.3 Å². The lowest BCUT2D eigenvalue weighted by Crippen LogP contribution is -2.40. The molecular formula is C16H20FNO2. The van der Waals surface area contributed by atoms with Crippen molar-refractivity contribution in [2.24, 2.45) is 5.92 Å². The topological polar surface area (TPSA) is 40.5 Å². The van der Waals surface area contributed by atoms with Crippen LogP contribution in [0.1, 0.15) is 37.2 Å². The highest BCUT2D eigenvalue weighted by atomic mass is 19.1. The lowest BCUT2D eigenvalue weighted by atomic mass is 9.98. The van der Waals surface area contributed by atoms with E-state index < -0.39 is 5.97 Å². The summed E-state index contributed by atoms with van der Waals surface area (Å²) in [4.78, 5) is 13.5. The first kappa shape index (κ1) is 13.6. The number of hydrogen-bond acceptors (Lipinski definition) is 2. The molecule has 1 N–H and O–H groups in total. The highest BCUT2D eigenvalue weighted by Gasteiger charge is 2.36. The molecule has 4 heteroatoms. The summed E-state index contributed by atoms with van der Waals surface area (Å²) in [6, 6.07) is 6.33. The van der Waals surface area contributed by atoms with Crippen LogP contribution >= 0.6 is 0 Å². The monoisotopic (exact) mass is 277 g/mol. The second-order valence-electron chi connectivity index (χ2n) is 6.07. The molecule has 2 atom stereocenters. The summed E-state index contributed by atoms with van der Waals surface area (Å²) in [5.74, 6) is -0.0680. The summed E-state index contributed by atoms with van der Waals surface area (Å²) in [7, 11) is 0. The molecule has 108 valence electrons. The minimum Gasteiger partial charge on any atom is -0.480 e. The Morgan fingerprint density at radius 3 is 2.85 bits per heavy atom. The predicted molar refractivity (Wildman–Crippen MR) is 74.1 cm³/mol. The van der Waals surface area contributed by atoms with Gasteiger partial charge < -0.3 is 5.11 Å². The Bertz CT molecular complexity index is 501. The fraction of sp³-hybridized carbons (Fsp3) is 0.562. The van der Waals surface area contributed by atoms with Gasteiger partial charge in [0.15, 0.2) is 0 Å². The standard InChI is InChI=1S/C16H20FNO2/c17-14-3-1-2-12(9-14)13-6-7-18(10-13)15(16(19)20)8-11-4-5-11/h1-3,9,11,13,15H,4-8,10H2,(H,19,20)/t13?,15-/m1/s1. The van der Waals surface area contributed by atoms with Crippen LogP contribution in [-0.2, 0) is 4.79 Å². The van der Waals surface area contributed by atoms with E-state index in [9.17, 15) is 14.3 Å². The summed E-state index contributed by atoms with van der Waals surface area (Å²) in [5.41, 5.74) is 0.989. The number of carboxylic acid groups (broad SMARTS) is 1. The van der Waals surface area contributed by atoms with Crippen LogP contribution < -0.4 is 0 Å². The van der Waals surface area contributed by atoms with Gasteiger partial charge in [-0.15, -0.1) is 0 Å². The number of carboxylic acids is 1.